The molecule has 0 aromatic heterocycles. The summed E-state index contributed by atoms with van der Waals surface area (Å²) in [6, 6.07) is 0. The van der Waals surface area contributed by atoms with E-state index in [1.807, 2.05) is 0 Å². The summed E-state index contributed by atoms with van der Waals surface area (Å²) in [6.07, 6.45) is -18.0. The molecule has 3 heterocycles. The molecule has 17 heteroatoms. The van der Waals surface area contributed by atoms with E-state index in [0.717, 1.165) is 0 Å². The Morgan fingerprint density at radius 2 is 1.28 bits per heavy atom. The van der Waals surface area contributed by atoms with Gasteiger partial charge in [-0.3, -0.25) is 0 Å². The normalized spacial score (nSPS) is 43.0. The summed E-state index contributed by atoms with van der Waals surface area (Å²) in [5, 5.41) is 0. The first-order chi connectivity index (χ1) is 11.3. The van der Waals surface area contributed by atoms with Gasteiger partial charge < -0.3 is 9.47 Å². The van der Waals surface area contributed by atoms with Crippen molar-refractivity contribution in [3.8, 4) is 0 Å². The Bertz CT molecular complexity index is 780. The van der Waals surface area contributed by atoms with Crippen molar-refractivity contribution in [2.75, 3.05) is 0 Å². The molecule has 6 unspecified atom stereocenters. The Labute approximate surface area is 142 Å². The molecular formula is C8H6ClF3O11S2. The van der Waals surface area contributed by atoms with Crippen molar-refractivity contribution in [1.82, 2.24) is 0 Å². The second kappa shape index (κ2) is 5.80. The van der Waals surface area contributed by atoms with E-state index in [0.29, 0.717) is 0 Å². The van der Waals surface area contributed by atoms with Crippen LogP contribution in [0.1, 0.15) is 0 Å². The molecule has 11 nitrogen and oxygen atoms in total. The summed E-state index contributed by atoms with van der Waals surface area (Å²) in [5.74, 6) is 0. The molecule has 0 aliphatic carbocycles. The largest absolute Gasteiger partial charge is 0.509 e. The fourth-order valence-corrected chi connectivity index (χ4v) is 4.71. The van der Waals surface area contributed by atoms with Crippen molar-refractivity contribution in [2.45, 2.75) is 42.3 Å². The predicted molar refractivity (Wildman–Crippen MR) is 64.4 cm³/mol. The second-order valence-electron chi connectivity index (χ2n) is 4.86. The van der Waals surface area contributed by atoms with E-state index in [4.69, 9.17) is 11.6 Å². The van der Waals surface area contributed by atoms with E-state index < -0.39 is 69.2 Å². The Balaban J connectivity index is 1.92. The molecule has 3 aliphatic rings. The maximum atomic E-state index is 13.0. The van der Waals surface area contributed by atoms with Gasteiger partial charge in [0.1, 0.15) is 0 Å². The summed E-state index contributed by atoms with van der Waals surface area (Å²) in [7, 11) is -9.66. The minimum absolute atomic E-state index is 1.53. The lowest BCUT2D eigenvalue weighted by Gasteiger charge is -2.26. The first kappa shape index (κ1) is 18.9. The maximum absolute atomic E-state index is 13.0. The van der Waals surface area contributed by atoms with Crippen LogP contribution in [0.2, 0.25) is 0 Å². The van der Waals surface area contributed by atoms with Gasteiger partial charge in [0, 0.05) is 0 Å². The van der Waals surface area contributed by atoms with Gasteiger partial charge in [-0.25, -0.2) is 21.5 Å². The van der Waals surface area contributed by atoms with Gasteiger partial charge in [-0.15, -0.1) is 0 Å². The number of rotatable bonds is 2. The highest BCUT2D eigenvalue weighted by atomic mass is 35.5. The molecule has 144 valence electrons. The molecule has 6 atom stereocenters. The molecule has 3 aliphatic heterocycles. The number of carbonyl (C=O) groups excluding carboxylic acids is 1. The molecule has 3 saturated heterocycles. The SMILES string of the molecule is O=C1OC(C2OS(=O)(=O)OC2Cl)C(C2OS(=O)(=O)OC2C(F)(F)F)O1. The van der Waals surface area contributed by atoms with Crippen LogP contribution in [0.15, 0.2) is 0 Å². The van der Waals surface area contributed by atoms with Gasteiger partial charge in [-0.1, -0.05) is 11.6 Å². The minimum atomic E-state index is -5.23. The third-order valence-electron chi connectivity index (χ3n) is 3.20. The highest BCUT2D eigenvalue weighted by molar-refractivity contribution is 7.82. The zero-order valence-corrected chi connectivity index (χ0v) is 13.7. The van der Waals surface area contributed by atoms with Gasteiger partial charge in [0.05, 0.1) is 0 Å². The Kier molecular flexibility index (Phi) is 4.37. The summed E-state index contributed by atoms with van der Waals surface area (Å²) in [4.78, 5) is 11.3. The van der Waals surface area contributed by atoms with Crippen LogP contribution < -0.4 is 0 Å². The zero-order valence-electron chi connectivity index (χ0n) is 11.3. The third-order valence-corrected chi connectivity index (χ3v) is 5.45. The number of ether oxygens (including phenoxy) is 2. The van der Waals surface area contributed by atoms with Gasteiger partial charge in [-0.05, 0) is 0 Å². The van der Waals surface area contributed by atoms with Gasteiger partial charge in [0.15, 0.2) is 30.0 Å². The Morgan fingerprint density at radius 3 is 1.76 bits per heavy atom. The Hall–Kier alpha value is -0.910. The second-order valence-corrected chi connectivity index (χ2v) is 7.69. The van der Waals surface area contributed by atoms with Crippen molar-refractivity contribution < 1.29 is 61.0 Å². The third kappa shape index (κ3) is 3.64. The number of halogens is 4. The van der Waals surface area contributed by atoms with Crippen LogP contribution in [0.25, 0.3) is 0 Å². The molecule has 3 fully saturated rings. The van der Waals surface area contributed by atoms with Crippen molar-refractivity contribution in [1.29, 1.82) is 0 Å². The fourth-order valence-electron chi connectivity index (χ4n) is 2.32. The van der Waals surface area contributed by atoms with Crippen molar-refractivity contribution in [3.05, 3.63) is 0 Å². The van der Waals surface area contributed by atoms with E-state index in [2.05, 4.69) is 26.2 Å². The average Bonchev–Trinajstić information content (AvgIpc) is 3.02. The molecule has 0 aromatic rings. The molecule has 0 N–H and O–H groups in total. The molecule has 0 amide bonds. The quantitative estimate of drug-likeness (QED) is 0.418. The molecule has 0 aromatic carbocycles. The highest BCUT2D eigenvalue weighted by Crippen LogP contribution is 2.41. The molecule has 0 spiro atoms. The summed E-state index contributed by atoms with van der Waals surface area (Å²) in [6.45, 7) is 0. The van der Waals surface area contributed by atoms with Gasteiger partial charge in [0.25, 0.3) is 0 Å². The summed E-state index contributed by atoms with van der Waals surface area (Å²) >= 11 is 5.56. The smallest absolute Gasteiger partial charge is 0.424 e. The van der Waals surface area contributed by atoms with Crippen LogP contribution in [0.5, 0.6) is 0 Å². The molecule has 0 saturated carbocycles. The highest BCUT2D eigenvalue weighted by Gasteiger charge is 2.64. The number of hydrogen-bond acceptors (Lipinski definition) is 11. The van der Waals surface area contributed by atoms with Crippen LogP contribution in [0.3, 0.4) is 0 Å². The lowest BCUT2D eigenvalue weighted by molar-refractivity contribution is -0.210. The Morgan fingerprint density at radius 1 is 0.800 bits per heavy atom. The molecule has 0 bridgehead atoms. The average molecular weight is 435 g/mol. The topological polar surface area (TPSA) is 141 Å². The number of alkyl halides is 4. The minimum Gasteiger partial charge on any atom is -0.424 e. The van der Waals surface area contributed by atoms with E-state index in [-0.39, 0.29) is 0 Å². The van der Waals surface area contributed by atoms with E-state index in [1.165, 1.54) is 0 Å². The van der Waals surface area contributed by atoms with E-state index in [1.54, 1.807) is 0 Å². The fraction of sp³-hybridized carbons (Fsp3) is 0.875. The van der Waals surface area contributed by atoms with Crippen LogP contribution in [0, 0.1) is 0 Å². The summed E-state index contributed by atoms with van der Waals surface area (Å²) < 4.78 is 109. The van der Waals surface area contributed by atoms with Crippen molar-refractivity contribution in [3.63, 3.8) is 0 Å². The van der Waals surface area contributed by atoms with Crippen LogP contribution in [-0.4, -0.2) is 65.3 Å². The lowest BCUT2D eigenvalue weighted by Crippen LogP contribution is -2.51. The molecular weight excluding hydrogens is 429 g/mol. The van der Waals surface area contributed by atoms with Gasteiger partial charge in [-0.2, -0.15) is 30.0 Å². The van der Waals surface area contributed by atoms with Crippen molar-refractivity contribution in [2.24, 2.45) is 0 Å². The van der Waals surface area contributed by atoms with Crippen LogP contribution in [-0.2, 0) is 47.0 Å². The van der Waals surface area contributed by atoms with E-state index >= 15 is 0 Å². The number of carbonyl (C=O) groups is 1. The molecule has 25 heavy (non-hydrogen) atoms. The molecule has 3 rings (SSSR count). The van der Waals surface area contributed by atoms with Gasteiger partial charge >= 0.3 is 33.1 Å². The maximum Gasteiger partial charge on any atom is 0.509 e. The van der Waals surface area contributed by atoms with Gasteiger partial charge in [0.2, 0.25) is 6.10 Å². The predicted octanol–water partition coefficient (Wildman–Crippen LogP) is -0.293. The first-order valence-corrected chi connectivity index (χ1v) is 9.20. The number of cyclic esters (lactones) is 2. The summed E-state index contributed by atoms with van der Waals surface area (Å²) in [5.41, 5.74) is -1.78. The zero-order chi connectivity index (χ0) is 18.8. The van der Waals surface area contributed by atoms with Crippen molar-refractivity contribution >= 4 is 38.6 Å². The number of hydrogen-bond donors (Lipinski definition) is 0. The standard InChI is InChI=1S/C8H6ClF3O11S2/c9-6-4(21-25(16,17)23-6)2-1(18-7(13)19-2)3-5(8(10,11)12)22-24(14,15)20-3/h1-6H. The van der Waals surface area contributed by atoms with E-state index in [9.17, 15) is 34.8 Å². The lowest BCUT2D eigenvalue weighted by atomic mass is 9.99. The van der Waals surface area contributed by atoms with Crippen LogP contribution in [0.4, 0.5) is 18.0 Å². The van der Waals surface area contributed by atoms with Crippen LogP contribution >= 0.6 is 11.6 Å². The molecule has 0 radical (unpaired) electrons. The monoisotopic (exact) mass is 434 g/mol. The first-order valence-electron chi connectivity index (χ1n) is 6.10.